The number of carbonyl (C=O) groups excluding carboxylic acids is 1. The number of hydrogen-bond acceptors (Lipinski definition) is 4. The summed E-state index contributed by atoms with van der Waals surface area (Å²) in [6, 6.07) is 19.1. The molecule has 0 atom stereocenters. The number of halogens is 1. The third kappa shape index (κ3) is 3.79. The zero-order valence-corrected chi connectivity index (χ0v) is 15.5. The lowest BCUT2D eigenvalue weighted by molar-refractivity contribution is -0.384. The van der Waals surface area contributed by atoms with Gasteiger partial charge in [0.2, 0.25) is 0 Å². The second-order valence-corrected chi connectivity index (χ2v) is 6.48. The van der Waals surface area contributed by atoms with Crippen molar-refractivity contribution in [2.24, 2.45) is 5.10 Å². The minimum Gasteiger partial charge on any atom is -0.350 e. The molecule has 0 fully saturated rings. The number of fused-ring (bicyclic) bond motifs is 1. The van der Waals surface area contributed by atoms with Crippen LogP contribution < -0.4 is 5.43 Å². The second kappa shape index (κ2) is 7.96. The molecule has 0 aliphatic heterocycles. The predicted molar refractivity (Wildman–Crippen MR) is 112 cm³/mol. The highest BCUT2D eigenvalue weighted by atomic mass is 19.1. The molecular weight excluding hydrogens is 387 g/mol. The van der Waals surface area contributed by atoms with E-state index in [1.165, 1.54) is 42.6 Å². The highest BCUT2D eigenvalue weighted by Crippen LogP contribution is 2.32. The van der Waals surface area contributed by atoms with E-state index in [2.05, 4.69) is 15.5 Å². The number of benzene rings is 3. The average molecular weight is 402 g/mol. The number of para-hydroxylation sites is 1. The van der Waals surface area contributed by atoms with Crippen LogP contribution in [0.3, 0.4) is 0 Å². The molecule has 148 valence electrons. The number of aromatic amines is 1. The third-order valence-electron chi connectivity index (χ3n) is 4.55. The Balaban J connectivity index is 1.62. The molecule has 1 heterocycles. The molecule has 30 heavy (non-hydrogen) atoms. The summed E-state index contributed by atoms with van der Waals surface area (Å²) in [5, 5.41) is 15.5. The molecule has 7 nitrogen and oxygen atoms in total. The van der Waals surface area contributed by atoms with Gasteiger partial charge >= 0.3 is 0 Å². The van der Waals surface area contributed by atoms with Crippen LogP contribution in [0.4, 0.5) is 10.1 Å². The van der Waals surface area contributed by atoms with E-state index in [9.17, 15) is 19.3 Å². The summed E-state index contributed by atoms with van der Waals surface area (Å²) in [7, 11) is 0. The predicted octanol–water partition coefficient (Wildman–Crippen LogP) is 4.65. The van der Waals surface area contributed by atoms with Crippen LogP contribution in [0.5, 0.6) is 0 Å². The maximum atomic E-state index is 13.4. The molecule has 0 radical (unpaired) electrons. The van der Waals surface area contributed by atoms with Crippen molar-refractivity contribution in [3.63, 3.8) is 0 Å². The molecule has 0 saturated carbocycles. The molecule has 0 saturated heterocycles. The number of nitro benzene ring substituents is 1. The largest absolute Gasteiger partial charge is 0.350 e. The standard InChI is InChI=1S/C22H15FN4O3/c23-16-9-7-15(8-10-16)20-18-3-1-2-4-19(18)25-21(20)22(28)26-24-13-14-5-11-17(12-6-14)27(29)30/h1-13,25H,(H,26,28)/b24-13+. The first-order chi connectivity index (χ1) is 14.5. The topological polar surface area (TPSA) is 100 Å². The van der Waals surface area contributed by atoms with Crippen LogP contribution in [0, 0.1) is 15.9 Å². The third-order valence-corrected chi connectivity index (χ3v) is 4.55. The van der Waals surface area contributed by atoms with Crippen LogP contribution in [0.25, 0.3) is 22.0 Å². The smallest absolute Gasteiger partial charge is 0.288 e. The lowest BCUT2D eigenvalue weighted by Gasteiger charge is -2.04. The van der Waals surface area contributed by atoms with Crippen LogP contribution in [-0.4, -0.2) is 22.0 Å². The minimum absolute atomic E-state index is 0.0294. The Kier molecular flexibility index (Phi) is 5.04. The molecule has 0 spiro atoms. The molecule has 0 bridgehead atoms. The van der Waals surface area contributed by atoms with Crippen LogP contribution in [0.2, 0.25) is 0 Å². The zero-order valence-electron chi connectivity index (χ0n) is 15.5. The highest BCUT2D eigenvalue weighted by molar-refractivity contribution is 6.09. The van der Waals surface area contributed by atoms with E-state index in [1.54, 1.807) is 12.1 Å². The number of hydrogen-bond donors (Lipinski definition) is 2. The van der Waals surface area contributed by atoms with Gasteiger partial charge in [-0.2, -0.15) is 5.10 Å². The van der Waals surface area contributed by atoms with Crippen molar-refractivity contribution >= 4 is 28.7 Å². The molecule has 1 amide bonds. The summed E-state index contributed by atoms with van der Waals surface area (Å²) >= 11 is 0. The van der Waals surface area contributed by atoms with Crippen LogP contribution >= 0.6 is 0 Å². The van der Waals surface area contributed by atoms with E-state index in [-0.39, 0.29) is 11.5 Å². The SMILES string of the molecule is O=C(N/N=C/c1ccc([N+](=O)[O-])cc1)c1[nH]c2ccccc2c1-c1ccc(F)cc1. The quantitative estimate of drug-likeness (QED) is 0.289. The van der Waals surface area contributed by atoms with Crippen molar-refractivity contribution in [3.8, 4) is 11.1 Å². The van der Waals surface area contributed by atoms with Crippen molar-refractivity contribution in [1.82, 2.24) is 10.4 Å². The van der Waals surface area contributed by atoms with Crippen LogP contribution in [0.15, 0.2) is 77.9 Å². The Bertz CT molecular complexity index is 1260. The van der Waals surface area contributed by atoms with Gasteiger partial charge in [0.05, 0.1) is 11.1 Å². The van der Waals surface area contributed by atoms with Gasteiger partial charge in [0, 0.05) is 28.6 Å². The first-order valence-corrected chi connectivity index (χ1v) is 8.97. The Morgan fingerprint density at radius 2 is 1.73 bits per heavy atom. The van der Waals surface area contributed by atoms with Crippen molar-refractivity contribution in [1.29, 1.82) is 0 Å². The zero-order chi connectivity index (χ0) is 21.1. The summed E-state index contributed by atoms with van der Waals surface area (Å²) in [4.78, 5) is 26.1. The van der Waals surface area contributed by atoms with E-state index in [0.717, 1.165) is 10.9 Å². The maximum absolute atomic E-state index is 13.4. The summed E-state index contributed by atoms with van der Waals surface area (Å²) in [5.74, 6) is -0.832. The number of non-ortho nitro benzene ring substituents is 1. The number of aromatic nitrogens is 1. The van der Waals surface area contributed by atoms with Crippen molar-refractivity contribution < 1.29 is 14.1 Å². The summed E-state index contributed by atoms with van der Waals surface area (Å²) in [6.07, 6.45) is 1.39. The van der Waals surface area contributed by atoms with Gasteiger partial charge in [-0.05, 0) is 41.5 Å². The molecule has 0 aliphatic rings. The maximum Gasteiger partial charge on any atom is 0.288 e. The Morgan fingerprint density at radius 3 is 2.43 bits per heavy atom. The lowest BCUT2D eigenvalue weighted by atomic mass is 10.0. The van der Waals surface area contributed by atoms with Gasteiger partial charge in [-0.1, -0.05) is 30.3 Å². The summed E-state index contributed by atoms with van der Waals surface area (Å²) in [6.45, 7) is 0. The first kappa shape index (κ1) is 19.0. The van der Waals surface area contributed by atoms with Gasteiger partial charge in [0.1, 0.15) is 11.5 Å². The van der Waals surface area contributed by atoms with Gasteiger partial charge in [0.15, 0.2) is 0 Å². The Labute approximate surface area is 170 Å². The first-order valence-electron chi connectivity index (χ1n) is 8.97. The monoisotopic (exact) mass is 402 g/mol. The summed E-state index contributed by atoms with van der Waals surface area (Å²) in [5.41, 5.74) is 5.42. The number of carbonyl (C=O) groups is 1. The van der Waals surface area contributed by atoms with Gasteiger partial charge in [-0.25, -0.2) is 9.82 Å². The Morgan fingerprint density at radius 1 is 1.03 bits per heavy atom. The van der Waals surface area contributed by atoms with Crippen molar-refractivity contribution in [2.45, 2.75) is 0 Å². The van der Waals surface area contributed by atoms with E-state index in [0.29, 0.717) is 22.4 Å². The van der Waals surface area contributed by atoms with E-state index in [4.69, 9.17) is 0 Å². The lowest BCUT2D eigenvalue weighted by Crippen LogP contribution is -2.18. The fourth-order valence-corrected chi connectivity index (χ4v) is 3.13. The number of hydrazone groups is 1. The van der Waals surface area contributed by atoms with Crippen LogP contribution in [0.1, 0.15) is 16.1 Å². The van der Waals surface area contributed by atoms with Gasteiger partial charge in [-0.15, -0.1) is 0 Å². The van der Waals surface area contributed by atoms with Gasteiger partial charge in [0.25, 0.3) is 11.6 Å². The number of nitrogens with zero attached hydrogens (tertiary/aromatic N) is 2. The van der Waals surface area contributed by atoms with Crippen LogP contribution in [-0.2, 0) is 0 Å². The Hall–Kier alpha value is -4.33. The van der Waals surface area contributed by atoms with Gasteiger partial charge < -0.3 is 4.98 Å². The van der Waals surface area contributed by atoms with Crippen molar-refractivity contribution in [3.05, 3.63) is 100.0 Å². The average Bonchev–Trinajstić information content (AvgIpc) is 3.14. The minimum atomic E-state index is -0.490. The number of nitro groups is 1. The highest BCUT2D eigenvalue weighted by Gasteiger charge is 2.19. The molecule has 3 aromatic carbocycles. The van der Waals surface area contributed by atoms with E-state index in [1.807, 2.05) is 24.3 Å². The molecule has 0 aliphatic carbocycles. The number of H-pyrrole nitrogens is 1. The normalized spacial score (nSPS) is 11.1. The van der Waals surface area contributed by atoms with E-state index >= 15 is 0 Å². The molecule has 1 aromatic heterocycles. The molecule has 4 rings (SSSR count). The fourth-order valence-electron chi connectivity index (χ4n) is 3.13. The molecule has 4 aromatic rings. The second-order valence-electron chi connectivity index (χ2n) is 6.48. The van der Waals surface area contributed by atoms with Gasteiger partial charge in [-0.3, -0.25) is 14.9 Å². The molecule has 2 N–H and O–H groups in total. The van der Waals surface area contributed by atoms with E-state index < -0.39 is 10.8 Å². The van der Waals surface area contributed by atoms with Crippen molar-refractivity contribution in [2.75, 3.05) is 0 Å². The molecule has 8 heteroatoms. The fraction of sp³-hybridized carbons (Fsp3) is 0. The number of amides is 1. The summed E-state index contributed by atoms with van der Waals surface area (Å²) < 4.78 is 13.4. The molecule has 0 unspecified atom stereocenters. The number of nitrogens with one attached hydrogen (secondary N) is 2. The number of rotatable bonds is 5. The molecular formula is C22H15FN4O3.